The minimum absolute atomic E-state index is 0.605. The number of benzene rings is 2. The van der Waals surface area contributed by atoms with E-state index in [1.54, 1.807) is 4.52 Å². The van der Waals surface area contributed by atoms with E-state index in [-0.39, 0.29) is 0 Å². The highest BCUT2D eigenvalue weighted by Gasteiger charge is 2.11. The third kappa shape index (κ3) is 3.74. The average molecular weight is 358 g/mol. The average Bonchev–Trinajstić information content (AvgIpc) is 3.05. The summed E-state index contributed by atoms with van der Waals surface area (Å²) < 4.78 is 1.77. The van der Waals surface area contributed by atoms with E-state index in [0.717, 1.165) is 28.7 Å². The molecule has 0 aliphatic rings. The van der Waals surface area contributed by atoms with Gasteiger partial charge in [0.25, 0.3) is 5.78 Å². The predicted molar refractivity (Wildman–Crippen MR) is 109 cm³/mol. The Morgan fingerprint density at radius 1 is 0.963 bits per heavy atom. The van der Waals surface area contributed by atoms with Crippen molar-refractivity contribution in [3.05, 3.63) is 77.7 Å². The van der Waals surface area contributed by atoms with Crippen LogP contribution in [-0.4, -0.2) is 33.7 Å². The third-order valence-electron chi connectivity index (χ3n) is 4.35. The fraction of sp³-hybridized carbons (Fsp3) is 0.190. The molecule has 0 unspecified atom stereocenters. The highest BCUT2D eigenvalue weighted by Crippen LogP contribution is 2.21. The smallest absolute Gasteiger partial charge is 0.254 e. The Bertz CT molecular complexity index is 1050. The summed E-state index contributed by atoms with van der Waals surface area (Å²) in [5, 5.41) is 8.10. The minimum Gasteiger partial charge on any atom is -0.378 e. The van der Waals surface area contributed by atoms with Crippen molar-refractivity contribution in [1.29, 1.82) is 0 Å². The molecule has 2 aromatic heterocycles. The summed E-state index contributed by atoms with van der Waals surface area (Å²) in [6.45, 7) is 1.96. The molecule has 0 bridgehead atoms. The number of rotatable bonds is 5. The molecule has 6 heteroatoms. The summed E-state index contributed by atoms with van der Waals surface area (Å²) in [6, 6.07) is 20.5. The summed E-state index contributed by atoms with van der Waals surface area (Å²) >= 11 is 0. The molecule has 0 saturated heterocycles. The van der Waals surface area contributed by atoms with Crippen LogP contribution in [0, 0.1) is 6.92 Å². The monoisotopic (exact) mass is 358 g/mol. The van der Waals surface area contributed by atoms with Gasteiger partial charge in [-0.3, -0.25) is 0 Å². The molecule has 4 aromatic rings. The fourth-order valence-corrected chi connectivity index (χ4v) is 2.96. The standard InChI is InChI=1S/C21H22N6/c1-15-13-20(23-17-9-11-18(12-10-17)26(2)3)27-21(22-15)24-19(25-27)14-16-7-5-4-6-8-16/h4-13,23H,14H2,1-3H3. The van der Waals surface area contributed by atoms with Crippen LogP contribution in [0.3, 0.4) is 0 Å². The van der Waals surface area contributed by atoms with Crippen LogP contribution in [0.4, 0.5) is 17.2 Å². The quantitative estimate of drug-likeness (QED) is 0.587. The first-order valence-electron chi connectivity index (χ1n) is 8.90. The van der Waals surface area contributed by atoms with Gasteiger partial charge in [-0.05, 0) is 36.8 Å². The lowest BCUT2D eigenvalue weighted by molar-refractivity contribution is 0.894. The van der Waals surface area contributed by atoms with Crippen LogP contribution in [0.15, 0.2) is 60.7 Å². The van der Waals surface area contributed by atoms with Gasteiger partial charge in [0.2, 0.25) is 0 Å². The second-order valence-corrected chi connectivity index (χ2v) is 6.75. The van der Waals surface area contributed by atoms with Crippen LogP contribution in [0.1, 0.15) is 17.1 Å². The number of nitrogens with zero attached hydrogens (tertiary/aromatic N) is 5. The van der Waals surface area contributed by atoms with E-state index in [9.17, 15) is 0 Å². The van der Waals surface area contributed by atoms with Crippen LogP contribution in [0.25, 0.3) is 5.78 Å². The molecule has 2 heterocycles. The number of hydrogen-bond acceptors (Lipinski definition) is 5. The maximum absolute atomic E-state index is 4.66. The van der Waals surface area contributed by atoms with Gasteiger partial charge in [-0.2, -0.15) is 9.50 Å². The highest BCUT2D eigenvalue weighted by molar-refractivity contribution is 5.62. The molecule has 0 amide bonds. The van der Waals surface area contributed by atoms with Crippen molar-refractivity contribution in [2.24, 2.45) is 0 Å². The maximum atomic E-state index is 4.66. The molecule has 0 spiro atoms. The van der Waals surface area contributed by atoms with Gasteiger partial charge in [0.1, 0.15) is 5.82 Å². The van der Waals surface area contributed by atoms with Crippen molar-refractivity contribution in [3.8, 4) is 0 Å². The first-order chi connectivity index (χ1) is 13.1. The maximum Gasteiger partial charge on any atom is 0.254 e. The van der Waals surface area contributed by atoms with Gasteiger partial charge < -0.3 is 10.2 Å². The molecule has 1 N–H and O–H groups in total. The van der Waals surface area contributed by atoms with E-state index in [0.29, 0.717) is 12.2 Å². The van der Waals surface area contributed by atoms with Crippen LogP contribution in [0.5, 0.6) is 0 Å². The number of hydrogen-bond donors (Lipinski definition) is 1. The summed E-state index contributed by atoms with van der Waals surface area (Å²) in [5.41, 5.74) is 4.22. The van der Waals surface area contributed by atoms with Crippen molar-refractivity contribution in [1.82, 2.24) is 19.6 Å². The summed E-state index contributed by atoms with van der Waals surface area (Å²) in [6.07, 6.45) is 0.681. The fourth-order valence-electron chi connectivity index (χ4n) is 2.96. The molecular weight excluding hydrogens is 336 g/mol. The van der Waals surface area contributed by atoms with Gasteiger partial charge in [-0.25, -0.2) is 4.98 Å². The molecular formula is C21H22N6. The lowest BCUT2D eigenvalue weighted by Crippen LogP contribution is -2.08. The second-order valence-electron chi connectivity index (χ2n) is 6.75. The van der Waals surface area contributed by atoms with E-state index in [2.05, 4.69) is 61.7 Å². The van der Waals surface area contributed by atoms with Crippen LogP contribution >= 0.6 is 0 Å². The van der Waals surface area contributed by atoms with Crippen molar-refractivity contribution in [2.75, 3.05) is 24.3 Å². The molecule has 6 nitrogen and oxygen atoms in total. The molecule has 0 aliphatic heterocycles. The number of fused-ring (bicyclic) bond motifs is 1. The predicted octanol–water partition coefficient (Wildman–Crippen LogP) is 3.83. The van der Waals surface area contributed by atoms with Gasteiger partial charge in [-0.1, -0.05) is 30.3 Å². The molecule has 0 fully saturated rings. The molecule has 2 aromatic carbocycles. The summed E-state index contributed by atoms with van der Waals surface area (Å²) in [7, 11) is 4.06. The zero-order valence-electron chi connectivity index (χ0n) is 15.7. The van der Waals surface area contributed by atoms with Crippen molar-refractivity contribution < 1.29 is 0 Å². The zero-order valence-corrected chi connectivity index (χ0v) is 15.7. The summed E-state index contributed by atoms with van der Waals surface area (Å²) in [4.78, 5) is 11.2. The lowest BCUT2D eigenvalue weighted by Gasteiger charge is -2.13. The first kappa shape index (κ1) is 17.0. The number of aryl methyl sites for hydroxylation is 1. The van der Waals surface area contributed by atoms with E-state index < -0.39 is 0 Å². The van der Waals surface area contributed by atoms with Crippen LogP contribution in [0.2, 0.25) is 0 Å². The van der Waals surface area contributed by atoms with E-state index >= 15 is 0 Å². The molecule has 0 atom stereocenters. The molecule has 0 saturated carbocycles. The van der Waals surface area contributed by atoms with Gasteiger partial charge >= 0.3 is 0 Å². The van der Waals surface area contributed by atoms with E-state index in [1.165, 1.54) is 5.56 Å². The van der Waals surface area contributed by atoms with E-state index in [4.69, 9.17) is 0 Å². The number of aromatic nitrogens is 4. The van der Waals surface area contributed by atoms with Gasteiger partial charge in [0.15, 0.2) is 5.82 Å². The Balaban J connectivity index is 1.65. The van der Waals surface area contributed by atoms with Gasteiger partial charge in [0.05, 0.1) is 0 Å². The Labute approximate surface area is 158 Å². The Hall–Kier alpha value is -3.41. The lowest BCUT2D eigenvalue weighted by atomic mass is 10.1. The van der Waals surface area contributed by atoms with Gasteiger partial charge in [0, 0.05) is 43.7 Å². The second kappa shape index (κ2) is 7.07. The normalized spacial score (nSPS) is 10.9. The number of anilines is 3. The zero-order chi connectivity index (χ0) is 18.8. The number of nitrogens with one attached hydrogen (secondary N) is 1. The largest absolute Gasteiger partial charge is 0.378 e. The molecule has 136 valence electrons. The van der Waals surface area contributed by atoms with Crippen molar-refractivity contribution in [2.45, 2.75) is 13.3 Å². The topological polar surface area (TPSA) is 58.4 Å². The Kier molecular flexibility index (Phi) is 4.46. The Morgan fingerprint density at radius 2 is 1.70 bits per heavy atom. The van der Waals surface area contributed by atoms with E-state index in [1.807, 2.05) is 45.3 Å². The summed E-state index contributed by atoms with van der Waals surface area (Å²) in [5.74, 6) is 2.21. The van der Waals surface area contributed by atoms with Crippen molar-refractivity contribution >= 4 is 23.0 Å². The highest BCUT2D eigenvalue weighted by atomic mass is 15.4. The SMILES string of the molecule is Cc1cc(Nc2ccc(N(C)C)cc2)n2nc(Cc3ccccc3)nc2n1. The Morgan fingerprint density at radius 3 is 2.41 bits per heavy atom. The molecule has 0 radical (unpaired) electrons. The van der Waals surface area contributed by atoms with Crippen LogP contribution in [-0.2, 0) is 6.42 Å². The minimum atomic E-state index is 0.605. The van der Waals surface area contributed by atoms with Crippen molar-refractivity contribution in [3.63, 3.8) is 0 Å². The third-order valence-corrected chi connectivity index (χ3v) is 4.35. The molecule has 27 heavy (non-hydrogen) atoms. The molecule has 0 aliphatic carbocycles. The van der Waals surface area contributed by atoms with Gasteiger partial charge in [-0.15, -0.1) is 5.10 Å². The van der Waals surface area contributed by atoms with Crippen LogP contribution < -0.4 is 10.2 Å². The first-order valence-corrected chi connectivity index (χ1v) is 8.90. The molecule has 4 rings (SSSR count).